The Kier molecular flexibility index (Phi) is 3.58. The first kappa shape index (κ1) is 12.9. The second-order valence-electron chi connectivity index (χ2n) is 3.42. The van der Waals surface area contributed by atoms with Crippen LogP contribution in [0.15, 0.2) is 29.2 Å². The SMILES string of the molecule is CCc1nnc(NS(=O)(=O)c2cccc(F)c2)s1. The monoisotopic (exact) mass is 287 g/mol. The van der Waals surface area contributed by atoms with E-state index < -0.39 is 15.8 Å². The molecule has 0 aliphatic heterocycles. The van der Waals surface area contributed by atoms with E-state index in [1.807, 2.05) is 6.92 Å². The molecule has 0 fully saturated rings. The van der Waals surface area contributed by atoms with Crippen molar-refractivity contribution in [3.63, 3.8) is 0 Å². The van der Waals surface area contributed by atoms with Crippen LogP contribution in [0.3, 0.4) is 0 Å². The maximum atomic E-state index is 13.0. The van der Waals surface area contributed by atoms with Gasteiger partial charge in [0.25, 0.3) is 10.0 Å². The molecule has 18 heavy (non-hydrogen) atoms. The average molecular weight is 287 g/mol. The molecule has 0 aliphatic rings. The van der Waals surface area contributed by atoms with Crippen molar-refractivity contribution < 1.29 is 12.8 Å². The summed E-state index contributed by atoms with van der Waals surface area (Å²) in [5, 5.41) is 8.41. The lowest BCUT2D eigenvalue weighted by atomic mass is 10.4. The van der Waals surface area contributed by atoms with E-state index in [1.165, 1.54) is 18.2 Å². The van der Waals surface area contributed by atoms with E-state index in [1.54, 1.807) is 0 Å². The average Bonchev–Trinajstić information content (AvgIpc) is 2.76. The molecule has 0 aliphatic carbocycles. The molecule has 2 rings (SSSR count). The van der Waals surface area contributed by atoms with Crippen LogP contribution in [0.5, 0.6) is 0 Å². The molecule has 1 N–H and O–H groups in total. The van der Waals surface area contributed by atoms with Crippen LogP contribution in [0.25, 0.3) is 0 Å². The lowest BCUT2D eigenvalue weighted by molar-refractivity contribution is 0.595. The van der Waals surface area contributed by atoms with Crippen molar-refractivity contribution in [3.05, 3.63) is 35.1 Å². The zero-order chi connectivity index (χ0) is 13.2. The summed E-state index contributed by atoms with van der Waals surface area (Å²) in [5.41, 5.74) is 0. The molecule has 8 heteroatoms. The molecule has 5 nitrogen and oxygen atoms in total. The lowest BCUT2D eigenvalue weighted by Crippen LogP contribution is -2.12. The number of benzene rings is 1. The Hall–Kier alpha value is -1.54. The van der Waals surface area contributed by atoms with Crippen molar-refractivity contribution >= 4 is 26.5 Å². The summed E-state index contributed by atoms with van der Waals surface area (Å²) in [6, 6.07) is 4.78. The van der Waals surface area contributed by atoms with Crippen molar-refractivity contribution in [2.24, 2.45) is 0 Å². The third kappa shape index (κ3) is 2.82. The topological polar surface area (TPSA) is 72.0 Å². The minimum Gasteiger partial charge on any atom is -0.253 e. The highest BCUT2D eigenvalue weighted by atomic mass is 32.2. The number of hydrogen-bond donors (Lipinski definition) is 1. The van der Waals surface area contributed by atoms with Crippen molar-refractivity contribution in [1.82, 2.24) is 10.2 Å². The summed E-state index contributed by atoms with van der Waals surface area (Å²) in [7, 11) is -3.81. The van der Waals surface area contributed by atoms with Gasteiger partial charge in [0.2, 0.25) is 5.13 Å². The standard InChI is InChI=1S/C10H10FN3O2S2/c1-2-9-12-13-10(17-9)14-18(15,16)8-5-3-4-7(11)6-8/h3-6H,2H2,1H3,(H,13,14). The van der Waals surface area contributed by atoms with Gasteiger partial charge in [-0.2, -0.15) is 0 Å². The smallest absolute Gasteiger partial charge is 0.253 e. The first-order chi connectivity index (χ1) is 8.51. The number of aromatic nitrogens is 2. The van der Waals surface area contributed by atoms with Crippen LogP contribution < -0.4 is 4.72 Å². The fourth-order valence-corrected chi connectivity index (χ4v) is 3.19. The third-order valence-corrected chi connectivity index (χ3v) is 4.55. The van der Waals surface area contributed by atoms with Crippen LogP contribution in [-0.4, -0.2) is 18.6 Å². The molecule has 0 saturated heterocycles. The number of rotatable bonds is 4. The van der Waals surface area contributed by atoms with Gasteiger partial charge in [0.05, 0.1) is 4.90 Å². The molecule has 0 saturated carbocycles. The number of hydrogen-bond acceptors (Lipinski definition) is 5. The van der Waals surface area contributed by atoms with Crippen molar-refractivity contribution in [2.45, 2.75) is 18.2 Å². The molecule has 96 valence electrons. The predicted octanol–water partition coefficient (Wildman–Crippen LogP) is 2.04. The van der Waals surface area contributed by atoms with Crippen molar-refractivity contribution in [1.29, 1.82) is 0 Å². The Morgan fingerprint density at radius 2 is 2.17 bits per heavy atom. The maximum absolute atomic E-state index is 13.0. The number of nitrogens with one attached hydrogen (secondary N) is 1. The number of sulfonamides is 1. The molecule has 0 radical (unpaired) electrons. The van der Waals surface area contributed by atoms with Gasteiger partial charge in [-0.15, -0.1) is 10.2 Å². The molecule has 1 heterocycles. The van der Waals surface area contributed by atoms with Crippen molar-refractivity contribution in [2.75, 3.05) is 4.72 Å². The highest BCUT2D eigenvalue weighted by molar-refractivity contribution is 7.93. The minimum absolute atomic E-state index is 0.143. The Morgan fingerprint density at radius 1 is 1.39 bits per heavy atom. The Morgan fingerprint density at radius 3 is 2.78 bits per heavy atom. The van der Waals surface area contributed by atoms with Crippen LogP contribution in [-0.2, 0) is 16.4 Å². The number of anilines is 1. The van der Waals surface area contributed by atoms with Gasteiger partial charge in [0, 0.05) is 0 Å². The van der Waals surface area contributed by atoms with Crippen LogP contribution in [0.2, 0.25) is 0 Å². The van der Waals surface area contributed by atoms with E-state index in [-0.39, 0.29) is 10.0 Å². The zero-order valence-electron chi connectivity index (χ0n) is 9.42. The van der Waals surface area contributed by atoms with E-state index in [0.717, 1.165) is 22.4 Å². The minimum atomic E-state index is -3.81. The van der Waals surface area contributed by atoms with Gasteiger partial charge in [-0.1, -0.05) is 24.3 Å². The normalized spacial score (nSPS) is 11.4. The molecule has 0 atom stereocenters. The van der Waals surface area contributed by atoms with Crippen molar-refractivity contribution in [3.8, 4) is 0 Å². The summed E-state index contributed by atoms with van der Waals surface area (Å²) >= 11 is 1.15. The molecule has 0 amide bonds. The summed E-state index contributed by atoms with van der Waals surface area (Å²) < 4.78 is 39.1. The van der Waals surface area contributed by atoms with Crippen LogP contribution in [0.1, 0.15) is 11.9 Å². The Bertz CT molecular complexity index is 655. The molecular formula is C10H10FN3O2S2. The molecule has 0 bridgehead atoms. The summed E-state index contributed by atoms with van der Waals surface area (Å²) in [6.07, 6.45) is 0.680. The molecule has 1 aromatic heterocycles. The number of nitrogens with zero attached hydrogens (tertiary/aromatic N) is 2. The van der Waals surface area contributed by atoms with Gasteiger partial charge in [-0.05, 0) is 24.6 Å². The third-order valence-electron chi connectivity index (χ3n) is 2.10. The maximum Gasteiger partial charge on any atom is 0.263 e. The molecule has 2 aromatic rings. The van der Waals surface area contributed by atoms with Gasteiger partial charge < -0.3 is 0 Å². The molecular weight excluding hydrogens is 277 g/mol. The van der Waals surface area contributed by atoms with E-state index in [4.69, 9.17) is 0 Å². The van der Waals surface area contributed by atoms with Gasteiger partial charge >= 0.3 is 0 Å². The molecule has 0 unspecified atom stereocenters. The molecule has 0 spiro atoms. The summed E-state index contributed by atoms with van der Waals surface area (Å²) in [5.74, 6) is -0.607. The number of halogens is 1. The van der Waals surface area contributed by atoms with E-state index in [2.05, 4.69) is 14.9 Å². The van der Waals surface area contributed by atoms with Crippen LogP contribution in [0, 0.1) is 5.82 Å². The first-order valence-electron chi connectivity index (χ1n) is 5.12. The largest absolute Gasteiger partial charge is 0.263 e. The second kappa shape index (κ2) is 4.99. The van der Waals surface area contributed by atoms with Crippen LogP contribution in [0.4, 0.5) is 9.52 Å². The predicted molar refractivity (Wildman–Crippen MR) is 66.5 cm³/mol. The fourth-order valence-electron chi connectivity index (χ4n) is 1.25. The lowest BCUT2D eigenvalue weighted by Gasteiger charge is -2.04. The van der Waals surface area contributed by atoms with Gasteiger partial charge in [0.1, 0.15) is 10.8 Å². The first-order valence-corrected chi connectivity index (χ1v) is 7.42. The zero-order valence-corrected chi connectivity index (χ0v) is 11.1. The van der Waals surface area contributed by atoms with E-state index in [0.29, 0.717) is 6.42 Å². The van der Waals surface area contributed by atoms with Crippen LogP contribution >= 0.6 is 11.3 Å². The highest BCUT2D eigenvalue weighted by Gasteiger charge is 2.17. The fraction of sp³-hybridized carbons (Fsp3) is 0.200. The molecule has 1 aromatic carbocycles. The highest BCUT2D eigenvalue weighted by Crippen LogP contribution is 2.20. The summed E-state index contributed by atoms with van der Waals surface area (Å²) in [4.78, 5) is -0.143. The summed E-state index contributed by atoms with van der Waals surface area (Å²) in [6.45, 7) is 1.89. The van der Waals surface area contributed by atoms with Gasteiger partial charge in [0.15, 0.2) is 0 Å². The Balaban J connectivity index is 2.27. The van der Waals surface area contributed by atoms with E-state index >= 15 is 0 Å². The number of aryl methyl sites for hydroxylation is 1. The van der Waals surface area contributed by atoms with E-state index in [9.17, 15) is 12.8 Å². The Labute approximate surface area is 108 Å². The quantitative estimate of drug-likeness (QED) is 0.934. The van der Waals surface area contributed by atoms with Gasteiger partial charge in [-0.25, -0.2) is 12.8 Å². The van der Waals surface area contributed by atoms with Gasteiger partial charge in [-0.3, -0.25) is 4.72 Å². The second-order valence-corrected chi connectivity index (χ2v) is 6.16.